The number of halogens is 3. The molecule has 0 atom stereocenters. The molecule has 1 rings (SSSR count). The van der Waals surface area contributed by atoms with E-state index in [4.69, 9.17) is 0 Å². The van der Waals surface area contributed by atoms with Crippen LogP contribution >= 0.6 is 43.6 Å². The second-order valence-electron chi connectivity index (χ2n) is 2.83. The minimum absolute atomic E-state index is 0.00430. The van der Waals surface area contributed by atoms with Crippen LogP contribution in [0.3, 0.4) is 0 Å². The summed E-state index contributed by atoms with van der Waals surface area (Å²) in [7, 11) is 0. The standard InChI is InChI=1S/C11H7Br2FOS/c1-7(15)16-4-2-3-9-10(13)5-8(12)6-11(9)14/h5-6H,4H2,1H3. The van der Waals surface area contributed by atoms with E-state index < -0.39 is 0 Å². The Kier molecular flexibility index (Phi) is 5.53. The summed E-state index contributed by atoms with van der Waals surface area (Å²) in [6, 6.07) is 3.08. The van der Waals surface area contributed by atoms with Gasteiger partial charge in [-0.05, 0) is 28.1 Å². The Morgan fingerprint density at radius 1 is 1.50 bits per heavy atom. The van der Waals surface area contributed by atoms with E-state index in [1.165, 1.54) is 13.0 Å². The lowest BCUT2D eigenvalue weighted by Gasteiger charge is -1.99. The van der Waals surface area contributed by atoms with Gasteiger partial charge in [-0.1, -0.05) is 39.5 Å². The van der Waals surface area contributed by atoms with Crippen LogP contribution < -0.4 is 0 Å². The van der Waals surface area contributed by atoms with Gasteiger partial charge in [0.2, 0.25) is 0 Å². The zero-order valence-electron chi connectivity index (χ0n) is 8.31. The van der Waals surface area contributed by atoms with Crippen LogP contribution in [0, 0.1) is 17.7 Å². The van der Waals surface area contributed by atoms with Crippen molar-refractivity contribution in [3.63, 3.8) is 0 Å². The lowest BCUT2D eigenvalue weighted by Crippen LogP contribution is -1.87. The summed E-state index contributed by atoms with van der Waals surface area (Å²) >= 11 is 7.52. The summed E-state index contributed by atoms with van der Waals surface area (Å²) in [6.07, 6.45) is 0. The summed E-state index contributed by atoms with van der Waals surface area (Å²) in [4.78, 5) is 10.6. The van der Waals surface area contributed by atoms with Gasteiger partial charge in [0.15, 0.2) is 5.12 Å². The van der Waals surface area contributed by atoms with Crippen LogP contribution in [0.2, 0.25) is 0 Å². The van der Waals surface area contributed by atoms with Crippen molar-refractivity contribution in [2.45, 2.75) is 6.92 Å². The molecule has 0 aromatic heterocycles. The van der Waals surface area contributed by atoms with Crippen molar-refractivity contribution >= 4 is 48.7 Å². The predicted molar refractivity (Wildman–Crippen MR) is 71.8 cm³/mol. The van der Waals surface area contributed by atoms with Crippen LogP contribution in [-0.2, 0) is 4.79 Å². The largest absolute Gasteiger partial charge is 0.288 e. The van der Waals surface area contributed by atoms with Gasteiger partial charge in [-0.3, -0.25) is 4.79 Å². The second-order valence-corrected chi connectivity index (χ2v) is 5.75. The fourth-order valence-corrected chi connectivity index (χ4v) is 2.54. The fraction of sp³-hybridized carbons (Fsp3) is 0.182. The average molecular weight is 366 g/mol. The fourth-order valence-electron chi connectivity index (χ4n) is 0.924. The highest BCUT2D eigenvalue weighted by Gasteiger charge is 2.05. The van der Waals surface area contributed by atoms with E-state index in [1.54, 1.807) is 6.07 Å². The van der Waals surface area contributed by atoms with Crippen molar-refractivity contribution in [2.24, 2.45) is 0 Å². The summed E-state index contributed by atoms with van der Waals surface area (Å²) in [5.74, 6) is 5.42. The smallest absolute Gasteiger partial charge is 0.186 e. The van der Waals surface area contributed by atoms with Crippen LogP contribution in [0.1, 0.15) is 12.5 Å². The topological polar surface area (TPSA) is 17.1 Å². The van der Waals surface area contributed by atoms with Crippen molar-refractivity contribution in [3.05, 3.63) is 32.5 Å². The van der Waals surface area contributed by atoms with E-state index in [0.717, 1.165) is 11.8 Å². The summed E-state index contributed by atoms with van der Waals surface area (Å²) in [5.41, 5.74) is 0.312. The molecule has 0 heterocycles. The van der Waals surface area contributed by atoms with Crippen molar-refractivity contribution in [3.8, 4) is 11.8 Å². The Bertz CT molecular complexity index is 454. The number of benzene rings is 1. The van der Waals surface area contributed by atoms with Gasteiger partial charge in [0.05, 0.1) is 11.3 Å². The maximum absolute atomic E-state index is 13.5. The number of thioether (sulfide) groups is 1. The van der Waals surface area contributed by atoms with Gasteiger partial charge >= 0.3 is 0 Å². The maximum Gasteiger partial charge on any atom is 0.186 e. The van der Waals surface area contributed by atoms with E-state index in [9.17, 15) is 9.18 Å². The van der Waals surface area contributed by atoms with Crippen LogP contribution in [0.25, 0.3) is 0 Å². The molecule has 0 fully saturated rings. The highest BCUT2D eigenvalue weighted by atomic mass is 79.9. The van der Waals surface area contributed by atoms with E-state index in [-0.39, 0.29) is 10.9 Å². The SMILES string of the molecule is CC(=O)SCC#Cc1c(F)cc(Br)cc1Br. The molecular formula is C11H7Br2FOS. The highest BCUT2D eigenvalue weighted by molar-refractivity contribution is 9.11. The summed E-state index contributed by atoms with van der Waals surface area (Å²) < 4.78 is 14.7. The van der Waals surface area contributed by atoms with Crippen LogP contribution in [-0.4, -0.2) is 10.9 Å². The minimum Gasteiger partial charge on any atom is -0.288 e. The van der Waals surface area contributed by atoms with E-state index in [1.807, 2.05) is 0 Å². The van der Waals surface area contributed by atoms with Crippen molar-refractivity contribution in [2.75, 3.05) is 5.75 Å². The van der Waals surface area contributed by atoms with Crippen LogP contribution in [0.15, 0.2) is 21.1 Å². The first-order chi connectivity index (χ1) is 7.50. The van der Waals surface area contributed by atoms with E-state index in [2.05, 4.69) is 43.7 Å². The maximum atomic E-state index is 13.5. The molecule has 0 aliphatic rings. The molecule has 0 saturated carbocycles. The third-order valence-corrected chi connectivity index (χ3v) is 3.35. The Balaban J connectivity index is 2.84. The molecule has 5 heteroatoms. The Hall–Kier alpha value is -0.310. The molecule has 0 N–H and O–H groups in total. The third kappa shape index (κ3) is 4.28. The number of carbonyl (C=O) groups is 1. The molecule has 84 valence electrons. The first-order valence-corrected chi connectivity index (χ1v) is 6.84. The molecule has 1 aromatic carbocycles. The molecule has 0 amide bonds. The monoisotopic (exact) mass is 364 g/mol. The zero-order valence-corrected chi connectivity index (χ0v) is 12.3. The van der Waals surface area contributed by atoms with Crippen molar-refractivity contribution in [1.82, 2.24) is 0 Å². The minimum atomic E-state index is -0.387. The van der Waals surface area contributed by atoms with Gasteiger partial charge in [-0.2, -0.15) is 0 Å². The van der Waals surface area contributed by atoms with Gasteiger partial charge in [0.1, 0.15) is 5.82 Å². The first-order valence-electron chi connectivity index (χ1n) is 4.27. The molecule has 16 heavy (non-hydrogen) atoms. The van der Waals surface area contributed by atoms with Crippen LogP contribution in [0.4, 0.5) is 4.39 Å². The normalized spacial score (nSPS) is 9.50. The van der Waals surface area contributed by atoms with Gasteiger partial charge in [0.25, 0.3) is 0 Å². The van der Waals surface area contributed by atoms with Crippen molar-refractivity contribution < 1.29 is 9.18 Å². The van der Waals surface area contributed by atoms with Gasteiger partial charge < -0.3 is 0 Å². The molecule has 0 saturated heterocycles. The Morgan fingerprint density at radius 2 is 2.19 bits per heavy atom. The van der Waals surface area contributed by atoms with Gasteiger partial charge in [-0.15, -0.1) is 0 Å². The van der Waals surface area contributed by atoms with Crippen LogP contribution in [0.5, 0.6) is 0 Å². The molecule has 0 bridgehead atoms. The molecule has 0 spiro atoms. The number of hydrogen-bond acceptors (Lipinski definition) is 2. The van der Waals surface area contributed by atoms with E-state index >= 15 is 0 Å². The molecule has 0 unspecified atom stereocenters. The molecule has 0 radical (unpaired) electrons. The molecule has 1 nitrogen and oxygen atoms in total. The lowest BCUT2D eigenvalue weighted by molar-refractivity contribution is -0.109. The predicted octanol–water partition coefficient (Wildman–Crippen LogP) is 3.98. The molecule has 0 aliphatic heterocycles. The zero-order chi connectivity index (χ0) is 12.1. The molecular weight excluding hydrogens is 359 g/mol. The van der Waals surface area contributed by atoms with Crippen molar-refractivity contribution in [1.29, 1.82) is 0 Å². The van der Waals surface area contributed by atoms with Gasteiger partial charge in [0, 0.05) is 15.9 Å². The lowest BCUT2D eigenvalue weighted by atomic mass is 10.2. The molecule has 1 aromatic rings. The number of hydrogen-bond donors (Lipinski definition) is 0. The Labute approximate surface area is 114 Å². The quantitative estimate of drug-likeness (QED) is 0.700. The Morgan fingerprint density at radius 3 is 2.75 bits per heavy atom. The van der Waals surface area contributed by atoms with Gasteiger partial charge in [-0.25, -0.2) is 4.39 Å². The molecule has 0 aliphatic carbocycles. The summed E-state index contributed by atoms with van der Waals surface area (Å²) in [5, 5.41) is 0.00430. The number of carbonyl (C=O) groups excluding carboxylic acids is 1. The highest BCUT2D eigenvalue weighted by Crippen LogP contribution is 2.24. The second kappa shape index (κ2) is 6.43. The van der Waals surface area contributed by atoms with E-state index in [0.29, 0.717) is 20.3 Å². The average Bonchev–Trinajstić information content (AvgIpc) is 2.14. The first kappa shape index (κ1) is 13.8. The number of rotatable bonds is 1. The third-order valence-electron chi connectivity index (χ3n) is 1.57. The summed E-state index contributed by atoms with van der Waals surface area (Å²) in [6.45, 7) is 1.47.